The summed E-state index contributed by atoms with van der Waals surface area (Å²) >= 11 is 0. The Morgan fingerprint density at radius 2 is 1.85 bits per heavy atom. The topological polar surface area (TPSA) is 68.3 Å². The lowest BCUT2D eigenvalue weighted by Crippen LogP contribution is -2.23. The van der Waals surface area contributed by atoms with E-state index in [1.165, 1.54) is 5.56 Å². The first-order chi connectivity index (χ1) is 13.1. The minimum absolute atomic E-state index is 0.0160. The molecule has 0 saturated carbocycles. The standard InChI is InChI=1S/C22H28N2O3/c1-3-5-15-27-22-19(7-6-14-23-22)16-24-21(26)13-12-20(25)18-10-8-17(4-2)9-11-18/h6-11,14H,3-5,12-13,15-16H2,1-2H3,(H,24,26). The van der Waals surface area contributed by atoms with Gasteiger partial charge in [-0.3, -0.25) is 9.59 Å². The molecular weight excluding hydrogens is 340 g/mol. The van der Waals surface area contributed by atoms with Crippen LogP contribution in [0.3, 0.4) is 0 Å². The number of hydrogen-bond acceptors (Lipinski definition) is 4. The Hall–Kier alpha value is -2.69. The molecule has 1 amide bonds. The normalized spacial score (nSPS) is 10.4. The number of carbonyl (C=O) groups is 2. The molecule has 0 aliphatic rings. The number of pyridine rings is 1. The van der Waals surface area contributed by atoms with Crippen molar-refractivity contribution >= 4 is 11.7 Å². The molecule has 5 heteroatoms. The van der Waals surface area contributed by atoms with E-state index in [-0.39, 0.29) is 24.5 Å². The second kappa shape index (κ2) is 11.1. The van der Waals surface area contributed by atoms with Crippen LogP contribution in [-0.2, 0) is 17.8 Å². The number of nitrogens with zero attached hydrogens (tertiary/aromatic N) is 1. The average molecular weight is 368 g/mol. The number of unbranched alkanes of at least 4 members (excludes halogenated alkanes) is 1. The van der Waals surface area contributed by atoms with Crippen molar-refractivity contribution in [3.05, 3.63) is 59.3 Å². The first-order valence-corrected chi connectivity index (χ1v) is 9.59. The third-order valence-corrected chi connectivity index (χ3v) is 4.33. The van der Waals surface area contributed by atoms with Crippen molar-refractivity contribution in [1.29, 1.82) is 0 Å². The van der Waals surface area contributed by atoms with E-state index in [0.717, 1.165) is 24.8 Å². The summed E-state index contributed by atoms with van der Waals surface area (Å²) in [5.41, 5.74) is 2.68. The smallest absolute Gasteiger partial charge is 0.220 e. The second-order valence-electron chi connectivity index (χ2n) is 6.42. The van der Waals surface area contributed by atoms with Gasteiger partial charge in [-0.05, 0) is 24.5 Å². The molecule has 27 heavy (non-hydrogen) atoms. The Labute approximate surface area is 161 Å². The zero-order valence-electron chi connectivity index (χ0n) is 16.2. The van der Waals surface area contributed by atoms with Gasteiger partial charge in [-0.2, -0.15) is 0 Å². The number of aryl methyl sites for hydroxylation is 1. The SMILES string of the molecule is CCCCOc1ncccc1CNC(=O)CCC(=O)c1ccc(CC)cc1. The summed E-state index contributed by atoms with van der Waals surface area (Å²) in [4.78, 5) is 28.5. The van der Waals surface area contributed by atoms with Gasteiger partial charge < -0.3 is 10.1 Å². The lowest BCUT2D eigenvalue weighted by molar-refractivity contribution is -0.121. The first-order valence-electron chi connectivity index (χ1n) is 9.59. The number of nitrogens with one attached hydrogen (secondary N) is 1. The van der Waals surface area contributed by atoms with Gasteiger partial charge in [-0.25, -0.2) is 4.98 Å². The van der Waals surface area contributed by atoms with Gasteiger partial charge in [0, 0.05) is 36.7 Å². The maximum atomic E-state index is 12.2. The van der Waals surface area contributed by atoms with Crippen LogP contribution in [0, 0.1) is 0 Å². The summed E-state index contributed by atoms with van der Waals surface area (Å²) in [6.07, 6.45) is 4.99. The summed E-state index contributed by atoms with van der Waals surface area (Å²) in [6, 6.07) is 11.3. The number of ketones is 1. The summed E-state index contributed by atoms with van der Waals surface area (Å²) in [7, 11) is 0. The van der Waals surface area contributed by atoms with Gasteiger partial charge in [-0.15, -0.1) is 0 Å². The molecule has 0 saturated heterocycles. The number of carbonyl (C=O) groups excluding carboxylic acids is 2. The molecule has 0 bridgehead atoms. The highest BCUT2D eigenvalue weighted by Gasteiger charge is 2.11. The van der Waals surface area contributed by atoms with Crippen LogP contribution in [0.4, 0.5) is 0 Å². The van der Waals surface area contributed by atoms with Crippen LogP contribution in [0.5, 0.6) is 5.88 Å². The molecule has 0 unspecified atom stereocenters. The molecule has 0 spiro atoms. The van der Waals surface area contributed by atoms with E-state index in [9.17, 15) is 9.59 Å². The van der Waals surface area contributed by atoms with Gasteiger partial charge in [0.05, 0.1) is 6.61 Å². The zero-order valence-corrected chi connectivity index (χ0v) is 16.2. The molecule has 5 nitrogen and oxygen atoms in total. The maximum absolute atomic E-state index is 12.2. The molecule has 2 aromatic rings. The predicted octanol–water partition coefficient (Wildman–Crippen LogP) is 4.10. The molecule has 0 radical (unpaired) electrons. The molecule has 0 aliphatic carbocycles. The van der Waals surface area contributed by atoms with Crippen LogP contribution in [0.25, 0.3) is 0 Å². The van der Waals surface area contributed by atoms with E-state index in [0.29, 0.717) is 24.6 Å². The van der Waals surface area contributed by atoms with Crippen LogP contribution in [-0.4, -0.2) is 23.3 Å². The molecule has 1 aromatic heterocycles. The van der Waals surface area contributed by atoms with Crippen molar-refractivity contribution in [3.63, 3.8) is 0 Å². The average Bonchev–Trinajstić information content (AvgIpc) is 2.71. The van der Waals surface area contributed by atoms with Crippen LogP contribution >= 0.6 is 0 Å². The van der Waals surface area contributed by atoms with Gasteiger partial charge in [0.25, 0.3) is 0 Å². The number of amides is 1. The van der Waals surface area contributed by atoms with Crippen LogP contribution in [0.15, 0.2) is 42.6 Å². The predicted molar refractivity (Wildman–Crippen MR) is 106 cm³/mol. The van der Waals surface area contributed by atoms with E-state index in [1.807, 2.05) is 36.4 Å². The van der Waals surface area contributed by atoms with Crippen molar-refractivity contribution in [2.75, 3.05) is 6.61 Å². The fourth-order valence-corrected chi connectivity index (χ4v) is 2.58. The highest BCUT2D eigenvalue weighted by molar-refractivity contribution is 5.97. The van der Waals surface area contributed by atoms with Gasteiger partial charge >= 0.3 is 0 Å². The van der Waals surface area contributed by atoms with Crippen LogP contribution in [0.2, 0.25) is 0 Å². The first kappa shape index (κ1) is 20.6. The summed E-state index contributed by atoms with van der Waals surface area (Å²) in [5.74, 6) is 0.382. The Morgan fingerprint density at radius 3 is 2.56 bits per heavy atom. The molecule has 2 rings (SSSR count). The van der Waals surface area contributed by atoms with Gasteiger partial charge in [0.2, 0.25) is 11.8 Å². The van der Waals surface area contributed by atoms with E-state index in [2.05, 4.69) is 24.1 Å². The Balaban J connectivity index is 1.79. The summed E-state index contributed by atoms with van der Waals surface area (Å²) in [5, 5.41) is 2.84. The van der Waals surface area contributed by atoms with E-state index >= 15 is 0 Å². The molecule has 0 aliphatic heterocycles. The summed E-state index contributed by atoms with van der Waals surface area (Å²) in [6.45, 7) is 5.12. The maximum Gasteiger partial charge on any atom is 0.220 e. The van der Waals surface area contributed by atoms with Gasteiger partial charge in [0.15, 0.2) is 5.78 Å². The quantitative estimate of drug-likeness (QED) is 0.479. The molecule has 1 aromatic carbocycles. The third-order valence-electron chi connectivity index (χ3n) is 4.33. The molecule has 0 atom stereocenters. The summed E-state index contributed by atoms with van der Waals surface area (Å²) < 4.78 is 5.67. The highest BCUT2D eigenvalue weighted by atomic mass is 16.5. The molecule has 1 heterocycles. The number of aromatic nitrogens is 1. The molecular formula is C22H28N2O3. The third kappa shape index (κ3) is 6.85. The molecule has 1 N–H and O–H groups in total. The van der Waals surface area contributed by atoms with E-state index in [4.69, 9.17) is 4.74 Å². The minimum Gasteiger partial charge on any atom is -0.477 e. The van der Waals surface area contributed by atoms with Crippen LogP contribution in [0.1, 0.15) is 61.0 Å². The number of hydrogen-bond donors (Lipinski definition) is 1. The Kier molecular flexibility index (Phi) is 8.49. The lowest BCUT2D eigenvalue weighted by atomic mass is 10.0. The Morgan fingerprint density at radius 1 is 1.07 bits per heavy atom. The lowest BCUT2D eigenvalue weighted by Gasteiger charge is -2.10. The number of benzene rings is 1. The fourth-order valence-electron chi connectivity index (χ4n) is 2.58. The number of Topliss-reactive ketones (excluding diaryl/α,β-unsaturated/α-hetero) is 1. The van der Waals surface area contributed by atoms with E-state index < -0.39 is 0 Å². The van der Waals surface area contributed by atoms with Crippen molar-refractivity contribution in [3.8, 4) is 5.88 Å². The Bertz CT molecular complexity index is 741. The van der Waals surface area contributed by atoms with Crippen molar-refractivity contribution in [2.24, 2.45) is 0 Å². The zero-order chi connectivity index (χ0) is 19.5. The van der Waals surface area contributed by atoms with Crippen molar-refractivity contribution in [2.45, 2.75) is 52.5 Å². The minimum atomic E-state index is -0.156. The second-order valence-corrected chi connectivity index (χ2v) is 6.42. The van der Waals surface area contributed by atoms with Gasteiger partial charge in [-0.1, -0.05) is 50.6 Å². The van der Waals surface area contributed by atoms with Crippen molar-refractivity contribution < 1.29 is 14.3 Å². The van der Waals surface area contributed by atoms with Crippen molar-refractivity contribution in [1.82, 2.24) is 10.3 Å². The fraction of sp³-hybridized carbons (Fsp3) is 0.409. The number of ether oxygens (including phenoxy) is 1. The molecule has 144 valence electrons. The van der Waals surface area contributed by atoms with Crippen LogP contribution < -0.4 is 10.1 Å². The largest absolute Gasteiger partial charge is 0.477 e. The monoisotopic (exact) mass is 368 g/mol. The molecule has 0 fully saturated rings. The van der Waals surface area contributed by atoms with E-state index in [1.54, 1.807) is 6.20 Å². The number of rotatable bonds is 11. The van der Waals surface area contributed by atoms with Gasteiger partial charge in [0.1, 0.15) is 0 Å². The highest BCUT2D eigenvalue weighted by Crippen LogP contribution is 2.15.